The van der Waals surface area contributed by atoms with Crippen LogP contribution in [0, 0.1) is 0 Å². The highest BCUT2D eigenvalue weighted by molar-refractivity contribution is 9.11. The maximum absolute atomic E-state index is 3.71. The quantitative estimate of drug-likeness (QED) is 0.388. The van der Waals surface area contributed by atoms with Crippen LogP contribution in [0.2, 0.25) is 0 Å². The van der Waals surface area contributed by atoms with Gasteiger partial charge < -0.3 is 4.98 Å². The van der Waals surface area contributed by atoms with Gasteiger partial charge in [0.05, 0.1) is 5.52 Å². The fourth-order valence-electron chi connectivity index (χ4n) is 2.68. The molecule has 4 rings (SSSR count). The van der Waals surface area contributed by atoms with E-state index in [1.807, 2.05) is 0 Å². The Kier molecular flexibility index (Phi) is 2.47. The van der Waals surface area contributed by atoms with Crippen LogP contribution >= 0.6 is 31.9 Å². The highest BCUT2D eigenvalue weighted by atomic mass is 79.9. The average molecular weight is 375 g/mol. The number of para-hydroxylation sites is 1. The van der Waals surface area contributed by atoms with Crippen LogP contribution in [0.25, 0.3) is 32.6 Å². The summed E-state index contributed by atoms with van der Waals surface area (Å²) in [7, 11) is 0. The van der Waals surface area contributed by atoms with Crippen molar-refractivity contribution in [2.75, 3.05) is 0 Å². The molecule has 19 heavy (non-hydrogen) atoms. The van der Waals surface area contributed by atoms with Crippen LogP contribution in [0.3, 0.4) is 0 Å². The minimum Gasteiger partial charge on any atom is -0.354 e. The lowest BCUT2D eigenvalue weighted by molar-refractivity contribution is 1.56. The Labute approximate surface area is 126 Å². The smallest absolute Gasteiger partial charge is 0.0556 e. The molecule has 1 aromatic heterocycles. The van der Waals surface area contributed by atoms with E-state index in [-0.39, 0.29) is 0 Å². The fraction of sp³-hybridized carbons (Fsp3) is 0. The molecule has 0 aliphatic carbocycles. The Morgan fingerprint density at radius 3 is 2.58 bits per heavy atom. The van der Waals surface area contributed by atoms with Gasteiger partial charge in [-0.15, -0.1) is 0 Å². The molecule has 0 radical (unpaired) electrons. The highest BCUT2D eigenvalue weighted by Crippen LogP contribution is 2.37. The lowest BCUT2D eigenvalue weighted by Gasteiger charge is -2.03. The summed E-state index contributed by atoms with van der Waals surface area (Å²) in [6, 6.07) is 17.0. The van der Waals surface area contributed by atoms with E-state index in [1.165, 1.54) is 32.6 Å². The minimum absolute atomic E-state index is 1.10. The second kappa shape index (κ2) is 4.09. The van der Waals surface area contributed by atoms with E-state index in [1.54, 1.807) is 0 Å². The number of hydrogen-bond donors (Lipinski definition) is 1. The number of fused-ring (bicyclic) bond motifs is 5. The van der Waals surface area contributed by atoms with Gasteiger partial charge in [0.1, 0.15) is 0 Å². The van der Waals surface area contributed by atoms with Gasteiger partial charge in [-0.25, -0.2) is 0 Å². The monoisotopic (exact) mass is 373 g/mol. The third-order valence-corrected chi connectivity index (χ3v) is 4.63. The third kappa shape index (κ3) is 1.65. The first-order chi connectivity index (χ1) is 9.24. The van der Waals surface area contributed by atoms with E-state index < -0.39 is 0 Å². The Hall–Kier alpha value is -1.32. The third-order valence-electron chi connectivity index (χ3n) is 3.51. The summed E-state index contributed by atoms with van der Waals surface area (Å²) in [5, 5.41) is 4.98. The number of hydrogen-bond acceptors (Lipinski definition) is 0. The number of aromatic nitrogens is 1. The molecule has 1 nitrogen and oxygen atoms in total. The molecule has 0 saturated carbocycles. The Bertz CT molecular complexity index is 938. The lowest BCUT2D eigenvalue weighted by atomic mass is 10.1. The summed E-state index contributed by atoms with van der Waals surface area (Å²) >= 11 is 7.24. The summed E-state index contributed by atoms with van der Waals surface area (Å²) in [5.41, 5.74) is 2.37. The molecule has 4 aromatic rings. The van der Waals surface area contributed by atoms with Crippen molar-refractivity contribution in [3.63, 3.8) is 0 Å². The van der Waals surface area contributed by atoms with Crippen LogP contribution in [0.1, 0.15) is 0 Å². The van der Waals surface area contributed by atoms with Crippen molar-refractivity contribution in [1.82, 2.24) is 4.98 Å². The molecule has 0 unspecified atom stereocenters. The van der Waals surface area contributed by atoms with E-state index in [4.69, 9.17) is 0 Å². The van der Waals surface area contributed by atoms with E-state index >= 15 is 0 Å². The molecule has 92 valence electrons. The SMILES string of the molecule is Brc1ccc2c(c1)cc(Br)c1c3ccccc3[nH]c21. The molecular weight excluding hydrogens is 366 g/mol. The Balaban J connectivity index is 2.33. The summed E-state index contributed by atoms with van der Waals surface area (Å²) in [5.74, 6) is 0. The van der Waals surface area contributed by atoms with Crippen LogP contribution in [-0.4, -0.2) is 4.98 Å². The molecule has 3 aromatic carbocycles. The number of halogens is 2. The summed E-state index contributed by atoms with van der Waals surface area (Å²) < 4.78 is 2.23. The van der Waals surface area contributed by atoms with Gasteiger partial charge in [-0.05, 0) is 29.7 Å². The maximum atomic E-state index is 3.71. The van der Waals surface area contributed by atoms with E-state index in [0.29, 0.717) is 0 Å². The first kappa shape index (κ1) is 11.5. The van der Waals surface area contributed by atoms with Crippen LogP contribution in [0.4, 0.5) is 0 Å². The molecular formula is C16H9Br2N. The van der Waals surface area contributed by atoms with Crippen LogP contribution < -0.4 is 0 Å². The first-order valence-corrected chi connectivity index (χ1v) is 7.61. The average Bonchev–Trinajstić information content (AvgIpc) is 2.78. The van der Waals surface area contributed by atoms with Gasteiger partial charge in [-0.2, -0.15) is 0 Å². The topological polar surface area (TPSA) is 15.8 Å². The van der Waals surface area contributed by atoms with Gasteiger partial charge >= 0.3 is 0 Å². The molecule has 0 fully saturated rings. The number of benzene rings is 3. The second-order valence-corrected chi connectivity index (χ2v) is 6.41. The van der Waals surface area contributed by atoms with E-state index in [9.17, 15) is 0 Å². The highest BCUT2D eigenvalue weighted by Gasteiger charge is 2.11. The van der Waals surface area contributed by atoms with Gasteiger partial charge in [-0.3, -0.25) is 0 Å². The van der Waals surface area contributed by atoms with Crippen LogP contribution in [0.15, 0.2) is 57.5 Å². The van der Waals surface area contributed by atoms with E-state index in [0.717, 1.165) is 8.95 Å². The normalized spacial score (nSPS) is 11.7. The minimum atomic E-state index is 1.10. The molecule has 0 amide bonds. The van der Waals surface area contributed by atoms with Crippen LogP contribution in [0.5, 0.6) is 0 Å². The zero-order valence-corrected chi connectivity index (χ0v) is 13.0. The van der Waals surface area contributed by atoms with Crippen molar-refractivity contribution >= 4 is 64.4 Å². The molecule has 1 N–H and O–H groups in total. The Morgan fingerprint density at radius 2 is 1.68 bits per heavy atom. The van der Waals surface area contributed by atoms with Gasteiger partial charge in [0, 0.05) is 30.6 Å². The fourth-order valence-corrected chi connectivity index (χ4v) is 3.72. The largest absolute Gasteiger partial charge is 0.354 e. The Morgan fingerprint density at radius 1 is 0.842 bits per heavy atom. The lowest BCUT2D eigenvalue weighted by Crippen LogP contribution is -1.78. The van der Waals surface area contributed by atoms with Crippen molar-refractivity contribution < 1.29 is 0 Å². The van der Waals surface area contributed by atoms with Crippen molar-refractivity contribution in [3.05, 3.63) is 57.5 Å². The predicted molar refractivity (Wildman–Crippen MR) is 88.7 cm³/mol. The van der Waals surface area contributed by atoms with Crippen molar-refractivity contribution in [2.45, 2.75) is 0 Å². The van der Waals surface area contributed by atoms with Crippen molar-refractivity contribution in [3.8, 4) is 0 Å². The molecule has 1 heterocycles. The predicted octanol–water partition coefficient (Wildman–Crippen LogP) is 6.00. The van der Waals surface area contributed by atoms with Crippen molar-refractivity contribution in [2.24, 2.45) is 0 Å². The molecule has 0 aliphatic heterocycles. The van der Waals surface area contributed by atoms with Gasteiger partial charge in [0.25, 0.3) is 0 Å². The first-order valence-electron chi connectivity index (χ1n) is 6.02. The number of nitrogens with one attached hydrogen (secondary N) is 1. The molecule has 3 heteroatoms. The summed E-state index contributed by atoms with van der Waals surface area (Å²) in [4.78, 5) is 3.54. The zero-order chi connectivity index (χ0) is 13.0. The number of H-pyrrole nitrogens is 1. The molecule has 0 atom stereocenters. The number of aromatic amines is 1. The molecule has 0 spiro atoms. The summed E-state index contributed by atoms with van der Waals surface area (Å²) in [6.45, 7) is 0. The van der Waals surface area contributed by atoms with Gasteiger partial charge in [0.2, 0.25) is 0 Å². The van der Waals surface area contributed by atoms with E-state index in [2.05, 4.69) is 85.4 Å². The van der Waals surface area contributed by atoms with Crippen LogP contribution in [-0.2, 0) is 0 Å². The molecule has 0 saturated heterocycles. The van der Waals surface area contributed by atoms with Gasteiger partial charge in [-0.1, -0.05) is 56.1 Å². The second-order valence-electron chi connectivity index (χ2n) is 4.64. The maximum Gasteiger partial charge on any atom is 0.0556 e. The zero-order valence-electron chi connectivity index (χ0n) is 9.87. The summed E-state index contributed by atoms with van der Waals surface area (Å²) in [6.07, 6.45) is 0. The number of rotatable bonds is 0. The molecule has 0 aliphatic rings. The standard InChI is InChI=1S/C16H9Br2N/c17-10-5-6-11-9(7-10)8-13(18)15-12-3-1-2-4-14(12)19-16(11)15/h1-8,19H. The molecule has 0 bridgehead atoms. The van der Waals surface area contributed by atoms with Crippen molar-refractivity contribution in [1.29, 1.82) is 0 Å². The van der Waals surface area contributed by atoms with Gasteiger partial charge in [0.15, 0.2) is 0 Å².